The molecular weight excluding hydrogens is 438 g/mol. The van der Waals surface area contributed by atoms with E-state index in [0.717, 1.165) is 33.6 Å². The summed E-state index contributed by atoms with van der Waals surface area (Å²) in [6.07, 6.45) is 0. The Balaban J connectivity index is 0.00000280. The van der Waals surface area contributed by atoms with Crippen LogP contribution in [-0.4, -0.2) is 7.11 Å². The van der Waals surface area contributed by atoms with Gasteiger partial charge in [-0.1, -0.05) is 76.1 Å². The van der Waals surface area contributed by atoms with Crippen LogP contribution in [-0.2, 0) is 19.7 Å². The van der Waals surface area contributed by atoms with Gasteiger partial charge in [-0.05, 0) is 30.2 Å². The van der Waals surface area contributed by atoms with Crippen molar-refractivity contribution in [1.29, 1.82) is 0 Å². The van der Waals surface area contributed by atoms with Crippen molar-refractivity contribution in [1.82, 2.24) is 5.32 Å². The SMILES string of the molecule is COc1cc(Br)cc(CNCc2ccc(C)cc2)c1OCc1ccccc1.Cl. The third-order valence-corrected chi connectivity index (χ3v) is 4.77. The molecule has 0 amide bonds. The lowest BCUT2D eigenvalue weighted by Crippen LogP contribution is -2.14. The predicted octanol–water partition coefficient (Wildman–Crippen LogP) is 6.06. The van der Waals surface area contributed by atoms with E-state index in [2.05, 4.69) is 70.6 Å². The Kier molecular flexibility index (Phi) is 8.84. The van der Waals surface area contributed by atoms with Crippen LogP contribution < -0.4 is 14.8 Å². The molecule has 0 saturated carbocycles. The van der Waals surface area contributed by atoms with Crippen molar-refractivity contribution >= 4 is 28.3 Å². The molecule has 0 heterocycles. The van der Waals surface area contributed by atoms with Gasteiger partial charge in [-0.15, -0.1) is 12.4 Å². The first kappa shape index (κ1) is 22.3. The average Bonchev–Trinajstić information content (AvgIpc) is 2.69. The van der Waals surface area contributed by atoms with Gasteiger partial charge in [0.1, 0.15) is 6.61 Å². The number of nitrogens with one attached hydrogen (secondary N) is 1. The van der Waals surface area contributed by atoms with E-state index < -0.39 is 0 Å². The fraction of sp³-hybridized carbons (Fsp3) is 0.217. The molecule has 0 bridgehead atoms. The van der Waals surface area contributed by atoms with Crippen molar-refractivity contribution in [2.45, 2.75) is 26.6 Å². The molecule has 0 saturated heterocycles. The summed E-state index contributed by atoms with van der Waals surface area (Å²) in [5.74, 6) is 1.51. The van der Waals surface area contributed by atoms with E-state index in [9.17, 15) is 0 Å². The number of hydrogen-bond acceptors (Lipinski definition) is 3. The fourth-order valence-electron chi connectivity index (χ4n) is 2.85. The zero-order valence-corrected chi connectivity index (χ0v) is 18.5. The number of aryl methyl sites for hydroxylation is 1. The molecule has 0 aliphatic carbocycles. The molecule has 3 nitrogen and oxygen atoms in total. The number of ether oxygens (including phenoxy) is 2. The minimum atomic E-state index is 0. The number of benzene rings is 3. The lowest BCUT2D eigenvalue weighted by atomic mass is 10.1. The quantitative estimate of drug-likeness (QED) is 0.441. The van der Waals surface area contributed by atoms with Crippen molar-refractivity contribution < 1.29 is 9.47 Å². The number of rotatable bonds is 8. The molecule has 5 heteroatoms. The van der Waals surface area contributed by atoms with Gasteiger partial charge < -0.3 is 14.8 Å². The van der Waals surface area contributed by atoms with Crippen molar-refractivity contribution in [3.8, 4) is 11.5 Å². The van der Waals surface area contributed by atoms with Crippen LogP contribution in [0.15, 0.2) is 71.2 Å². The highest BCUT2D eigenvalue weighted by Gasteiger charge is 2.13. The van der Waals surface area contributed by atoms with E-state index in [1.807, 2.05) is 24.3 Å². The molecule has 28 heavy (non-hydrogen) atoms. The summed E-state index contributed by atoms with van der Waals surface area (Å²) in [5, 5.41) is 3.50. The van der Waals surface area contributed by atoms with Gasteiger partial charge in [0.2, 0.25) is 0 Å². The maximum atomic E-state index is 6.13. The fourth-order valence-corrected chi connectivity index (χ4v) is 3.33. The van der Waals surface area contributed by atoms with Crippen LogP contribution >= 0.6 is 28.3 Å². The normalized spacial score (nSPS) is 10.2. The minimum Gasteiger partial charge on any atom is -0.493 e. The van der Waals surface area contributed by atoms with E-state index in [4.69, 9.17) is 9.47 Å². The van der Waals surface area contributed by atoms with Gasteiger partial charge in [0.05, 0.1) is 7.11 Å². The lowest BCUT2D eigenvalue weighted by molar-refractivity contribution is 0.280. The number of methoxy groups -OCH3 is 1. The van der Waals surface area contributed by atoms with E-state index in [0.29, 0.717) is 13.2 Å². The summed E-state index contributed by atoms with van der Waals surface area (Å²) in [7, 11) is 1.67. The minimum absolute atomic E-state index is 0. The molecule has 3 aromatic carbocycles. The summed E-state index contributed by atoms with van der Waals surface area (Å²) < 4.78 is 12.7. The largest absolute Gasteiger partial charge is 0.493 e. The molecule has 0 unspecified atom stereocenters. The van der Waals surface area contributed by atoms with Crippen LogP contribution in [0.3, 0.4) is 0 Å². The first-order valence-corrected chi connectivity index (χ1v) is 9.74. The highest BCUT2D eigenvalue weighted by Crippen LogP contribution is 2.35. The van der Waals surface area contributed by atoms with E-state index in [1.165, 1.54) is 11.1 Å². The average molecular weight is 463 g/mol. The van der Waals surface area contributed by atoms with Gasteiger partial charge in [0.15, 0.2) is 11.5 Å². The second-order valence-corrected chi connectivity index (χ2v) is 7.38. The third kappa shape index (κ3) is 6.26. The van der Waals surface area contributed by atoms with Gasteiger partial charge in [0.25, 0.3) is 0 Å². The second kappa shape index (κ2) is 11.1. The van der Waals surface area contributed by atoms with Gasteiger partial charge in [0, 0.05) is 23.1 Å². The van der Waals surface area contributed by atoms with Crippen molar-refractivity contribution in [2.24, 2.45) is 0 Å². The van der Waals surface area contributed by atoms with Gasteiger partial charge >= 0.3 is 0 Å². The Bertz CT molecular complexity index is 870. The molecule has 0 atom stereocenters. The van der Waals surface area contributed by atoms with E-state index in [1.54, 1.807) is 7.11 Å². The topological polar surface area (TPSA) is 30.5 Å². The Labute approximate surface area is 181 Å². The van der Waals surface area contributed by atoms with E-state index in [-0.39, 0.29) is 12.4 Å². The van der Waals surface area contributed by atoms with Crippen LogP contribution in [0.2, 0.25) is 0 Å². The molecular formula is C23H25BrClNO2. The zero-order chi connectivity index (χ0) is 19.1. The second-order valence-electron chi connectivity index (χ2n) is 6.46. The molecule has 1 N–H and O–H groups in total. The first-order valence-electron chi connectivity index (χ1n) is 8.95. The number of halogens is 2. The molecule has 3 rings (SSSR count). The molecule has 0 radical (unpaired) electrons. The third-order valence-electron chi connectivity index (χ3n) is 4.31. The Morgan fingerprint density at radius 1 is 0.893 bits per heavy atom. The summed E-state index contributed by atoms with van der Waals surface area (Å²) in [6, 6.07) is 22.7. The summed E-state index contributed by atoms with van der Waals surface area (Å²) in [5.41, 5.74) is 4.71. The van der Waals surface area contributed by atoms with Gasteiger partial charge in [-0.3, -0.25) is 0 Å². The van der Waals surface area contributed by atoms with Crippen molar-refractivity contribution in [3.63, 3.8) is 0 Å². The zero-order valence-electron chi connectivity index (χ0n) is 16.1. The Morgan fingerprint density at radius 2 is 1.61 bits per heavy atom. The molecule has 3 aromatic rings. The Hall–Kier alpha value is -2.01. The number of hydrogen-bond donors (Lipinski definition) is 1. The molecule has 0 aliphatic heterocycles. The maximum Gasteiger partial charge on any atom is 0.166 e. The van der Waals surface area contributed by atoms with Crippen LogP contribution in [0.25, 0.3) is 0 Å². The monoisotopic (exact) mass is 461 g/mol. The smallest absolute Gasteiger partial charge is 0.166 e. The molecule has 0 spiro atoms. The van der Waals surface area contributed by atoms with Crippen molar-refractivity contribution in [2.75, 3.05) is 7.11 Å². The first-order chi connectivity index (χ1) is 13.2. The lowest BCUT2D eigenvalue weighted by Gasteiger charge is -2.16. The highest BCUT2D eigenvalue weighted by atomic mass is 79.9. The van der Waals surface area contributed by atoms with Crippen LogP contribution in [0, 0.1) is 6.92 Å². The molecule has 148 valence electrons. The maximum absolute atomic E-state index is 6.13. The van der Waals surface area contributed by atoms with Crippen LogP contribution in [0.4, 0.5) is 0 Å². The molecule has 0 fully saturated rings. The molecule has 0 aromatic heterocycles. The molecule has 0 aliphatic rings. The standard InChI is InChI=1S/C23H24BrNO2.ClH/c1-17-8-10-18(11-9-17)14-25-15-20-12-21(24)13-22(26-2)23(20)27-16-19-6-4-3-5-7-19;/h3-13,25H,14-16H2,1-2H3;1H. The van der Waals surface area contributed by atoms with Crippen molar-refractivity contribution in [3.05, 3.63) is 93.5 Å². The summed E-state index contributed by atoms with van der Waals surface area (Å²) in [6.45, 7) is 4.09. The summed E-state index contributed by atoms with van der Waals surface area (Å²) in [4.78, 5) is 0. The van der Waals surface area contributed by atoms with Gasteiger partial charge in [-0.2, -0.15) is 0 Å². The van der Waals surface area contributed by atoms with Crippen LogP contribution in [0.1, 0.15) is 22.3 Å². The predicted molar refractivity (Wildman–Crippen MR) is 120 cm³/mol. The van der Waals surface area contributed by atoms with Crippen LogP contribution in [0.5, 0.6) is 11.5 Å². The Morgan fingerprint density at radius 3 is 2.29 bits per heavy atom. The van der Waals surface area contributed by atoms with E-state index >= 15 is 0 Å². The van der Waals surface area contributed by atoms with Gasteiger partial charge in [-0.25, -0.2) is 0 Å². The highest BCUT2D eigenvalue weighted by molar-refractivity contribution is 9.10. The summed E-state index contributed by atoms with van der Waals surface area (Å²) >= 11 is 3.57.